The summed E-state index contributed by atoms with van der Waals surface area (Å²) >= 11 is 0. The number of amides is 1. The summed E-state index contributed by atoms with van der Waals surface area (Å²) in [5.74, 6) is -0.476. The molecule has 0 fully saturated rings. The maximum absolute atomic E-state index is 11.8. The Bertz CT molecular complexity index is 497. The molecule has 0 bridgehead atoms. The highest BCUT2D eigenvalue weighted by molar-refractivity contribution is 7.89. The molecule has 18 heavy (non-hydrogen) atoms. The van der Waals surface area contributed by atoms with Gasteiger partial charge in [-0.3, -0.25) is 4.79 Å². The first-order valence-electron chi connectivity index (χ1n) is 5.57. The standard InChI is InChI=1S/C11H17N3O3S/c1-2-7-14-18(16,17)10-5-3-9(4-6-10)13-8-11(12)15/h3-6,13-14H,2,7-8H2,1H3,(H2,12,15). The molecule has 1 aromatic carbocycles. The number of sulfonamides is 1. The molecule has 0 spiro atoms. The predicted molar refractivity (Wildman–Crippen MR) is 69.6 cm³/mol. The van der Waals surface area contributed by atoms with Crippen LogP contribution in [-0.2, 0) is 14.8 Å². The minimum Gasteiger partial charge on any atom is -0.376 e. The number of nitrogens with one attached hydrogen (secondary N) is 2. The molecule has 0 unspecified atom stereocenters. The van der Waals surface area contributed by atoms with Gasteiger partial charge < -0.3 is 11.1 Å². The second kappa shape index (κ2) is 6.36. The summed E-state index contributed by atoms with van der Waals surface area (Å²) in [6.45, 7) is 2.31. The van der Waals surface area contributed by atoms with Crippen molar-refractivity contribution in [1.29, 1.82) is 0 Å². The van der Waals surface area contributed by atoms with Gasteiger partial charge in [-0.2, -0.15) is 0 Å². The Kier molecular flexibility index (Phi) is 5.11. The van der Waals surface area contributed by atoms with Crippen molar-refractivity contribution in [1.82, 2.24) is 4.72 Å². The fourth-order valence-electron chi connectivity index (χ4n) is 1.26. The first kappa shape index (κ1) is 14.5. The number of benzene rings is 1. The summed E-state index contributed by atoms with van der Waals surface area (Å²) in [5.41, 5.74) is 5.63. The van der Waals surface area contributed by atoms with E-state index in [2.05, 4.69) is 10.0 Å². The zero-order chi connectivity index (χ0) is 13.6. The van der Waals surface area contributed by atoms with Crippen LogP contribution in [0.4, 0.5) is 5.69 Å². The molecular formula is C11H17N3O3S. The molecule has 4 N–H and O–H groups in total. The summed E-state index contributed by atoms with van der Waals surface area (Å²) < 4.78 is 26.0. The first-order chi connectivity index (χ1) is 8.45. The highest BCUT2D eigenvalue weighted by atomic mass is 32.2. The summed E-state index contributed by atoms with van der Waals surface area (Å²) in [7, 11) is -3.44. The van der Waals surface area contributed by atoms with E-state index in [0.717, 1.165) is 6.42 Å². The highest BCUT2D eigenvalue weighted by Gasteiger charge is 2.12. The van der Waals surface area contributed by atoms with Gasteiger partial charge >= 0.3 is 0 Å². The molecule has 0 aliphatic carbocycles. The molecule has 1 amide bonds. The fourth-order valence-corrected chi connectivity index (χ4v) is 2.39. The van der Waals surface area contributed by atoms with Gasteiger partial charge in [-0.15, -0.1) is 0 Å². The van der Waals surface area contributed by atoms with E-state index in [0.29, 0.717) is 12.2 Å². The van der Waals surface area contributed by atoms with E-state index in [1.54, 1.807) is 12.1 Å². The van der Waals surface area contributed by atoms with Gasteiger partial charge in [0.2, 0.25) is 15.9 Å². The van der Waals surface area contributed by atoms with Crippen molar-refractivity contribution in [2.45, 2.75) is 18.2 Å². The Morgan fingerprint density at radius 3 is 2.39 bits per heavy atom. The molecule has 1 rings (SSSR count). The maximum Gasteiger partial charge on any atom is 0.240 e. The summed E-state index contributed by atoms with van der Waals surface area (Å²) in [5, 5.41) is 2.78. The van der Waals surface area contributed by atoms with Crippen molar-refractivity contribution < 1.29 is 13.2 Å². The van der Waals surface area contributed by atoms with E-state index in [1.807, 2.05) is 6.92 Å². The smallest absolute Gasteiger partial charge is 0.240 e. The molecule has 0 heterocycles. The molecule has 0 aliphatic rings. The lowest BCUT2D eigenvalue weighted by Crippen LogP contribution is -2.24. The van der Waals surface area contributed by atoms with Crippen molar-refractivity contribution in [3.8, 4) is 0 Å². The molecule has 0 radical (unpaired) electrons. The SMILES string of the molecule is CCCNS(=O)(=O)c1ccc(NCC(N)=O)cc1. The minimum atomic E-state index is -3.44. The van der Waals surface area contributed by atoms with Crippen LogP contribution in [0.25, 0.3) is 0 Å². The average Bonchev–Trinajstić information content (AvgIpc) is 2.34. The van der Waals surface area contributed by atoms with Crippen LogP contribution in [0.3, 0.4) is 0 Å². The van der Waals surface area contributed by atoms with Crippen LogP contribution in [0.1, 0.15) is 13.3 Å². The second-order valence-corrected chi connectivity index (χ2v) is 5.51. The number of nitrogens with two attached hydrogens (primary N) is 1. The van der Waals surface area contributed by atoms with Crippen LogP contribution in [0.2, 0.25) is 0 Å². The van der Waals surface area contributed by atoms with E-state index in [1.165, 1.54) is 12.1 Å². The molecule has 0 saturated heterocycles. The molecule has 0 aromatic heterocycles. The Labute approximate surface area is 107 Å². The van der Waals surface area contributed by atoms with Gasteiger partial charge in [0.25, 0.3) is 0 Å². The third-order valence-corrected chi connectivity index (χ3v) is 3.65. The number of rotatable bonds is 7. The van der Waals surface area contributed by atoms with E-state index in [-0.39, 0.29) is 11.4 Å². The number of carbonyl (C=O) groups is 1. The zero-order valence-corrected chi connectivity index (χ0v) is 11.0. The number of carbonyl (C=O) groups excluding carboxylic acids is 1. The lowest BCUT2D eigenvalue weighted by molar-refractivity contribution is -0.116. The van der Waals surface area contributed by atoms with Gasteiger partial charge in [-0.1, -0.05) is 6.92 Å². The van der Waals surface area contributed by atoms with Gasteiger partial charge in [-0.25, -0.2) is 13.1 Å². The minimum absolute atomic E-state index is 0.0141. The molecule has 100 valence electrons. The summed E-state index contributed by atoms with van der Waals surface area (Å²) in [6, 6.07) is 6.12. The van der Waals surface area contributed by atoms with Crippen LogP contribution in [-0.4, -0.2) is 27.4 Å². The molecule has 7 heteroatoms. The summed E-state index contributed by atoms with van der Waals surface area (Å²) in [6.07, 6.45) is 0.734. The van der Waals surface area contributed by atoms with Crippen LogP contribution in [0.5, 0.6) is 0 Å². The van der Waals surface area contributed by atoms with Crippen LogP contribution < -0.4 is 15.8 Å². The third kappa shape index (κ3) is 4.34. The number of hydrogen-bond donors (Lipinski definition) is 3. The average molecular weight is 271 g/mol. The van der Waals surface area contributed by atoms with Gasteiger partial charge in [-0.05, 0) is 30.7 Å². The van der Waals surface area contributed by atoms with Crippen molar-refractivity contribution in [3.63, 3.8) is 0 Å². The van der Waals surface area contributed by atoms with Crippen LogP contribution in [0, 0.1) is 0 Å². The molecule has 6 nitrogen and oxygen atoms in total. The van der Waals surface area contributed by atoms with E-state index in [4.69, 9.17) is 5.73 Å². The molecule has 0 saturated carbocycles. The van der Waals surface area contributed by atoms with Gasteiger partial charge in [0.05, 0.1) is 11.4 Å². The Hall–Kier alpha value is -1.60. The third-order valence-electron chi connectivity index (χ3n) is 2.17. The Morgan fingerprint density at radius 1 is 1.28 bits per heavy atom. The monoisotopic (exact) mass is 271 g/mol. The normalized spacial score (nSPS) is 11.2. The number of hydrogen-bond acceptors (Lipinski definition) is 4. The van der Waals surface area contributed by atoms with Crippen molar-refractivity contribution >= 4 is 21.6 Å². The van der Waals surface area contributed by atoms with Crippen LogP contribution >= 0.6 is 0 Å². The lowest BCUT2D eigenvalue weighted by Gasteiger charge is -2.07. The molecule has 0 aliphatic heterocycles. The predicted octanol–water partition coefficient (Wildman–Crippen LogP) is 0.272. The zero-order valence-electron chi connectivity index (χ0n) is 10.1. The van der Waals surface area contributed by atoms with E-state index < -0.39 is 15.9 Å². The van der Waals surface area contributed by atoms with Crippen molar-refractivity contribution in [2.24, 2.45) is 5.73 Å². The Balaban J connectivity index is 2.73. The summed E-state index contributed by atoms with van der Waals surface area (Å²) in [4.78, 5) is 10.8. The second-order valence-electron chi connectivity index (χ2n) is 3.74. The van der Waals surface area contributed by atoms with Crippen molar-refractivity contribution in [2.75, 3.05) is 18.4 Å². The molecule has 0 atom stereocenters. The highest BCUT2D eigenvalue weighted by Crippen LogP contribution is 2.13. The Morgan fingerprint density at radius 2 is 1.89 bits per heavy atom. The molecular weight excluding hydrogens is 254 g/mol. The first-order valence-corrected chi connectivity index (χ1v) is 7.06. The fraction of sp³-hybridized carbons (Fsp3) is 0.364. The van der Waals surface area contributed by atoms with E-state index in [9.17, 15) is 13.2 Å². The molecule has 1 aromatic rings. The largest absolute Gasteiger partial charge is 0.376 e. The number of anilines is 1. The topological polar surface area (TPSA) is 101 Å². The van der Waals surface area contributed by atoms with Gasteiger partial charge in [0.15, 0.2) is 0 Å². The lowest BCUT2D eigenvalue weighted by atomic mass is 10.3. The quantitative estimate of drug-likeness (QED) is 0.662. The van der Waals surface area contributed by atoms with Crippen LogP contribution in [0.15, 0.2) is 29.2 Å². The van der Waals surface area contributed by atoms with E-state index >= 15 is 0 Å². The number of primary amides is 1. The van der Waals surface area contributed by atoms with Crippen molar-refractivity contribution in [3.05, 3.63) is 24.3 Å². The maximum atomic E-state index is 11.8. The van der Waals surface area contributed by atoms with Gasteiger partial charge in [0, 0.05) is 12.2 Å². The van der Waals surface area contributed by atoms with Gasteiger partial charge in [0.1, 0.15) is 0 Å².